The van der Waals surface area contributed by atoms with E-state index < -0.39 is 28.3 Å². The van der Waals surface area contributed by atoms with E-state index in [4.69, 9.17) is 4.74 Å². The molecule has 1 amide bonds. The summed E-state index contributed by atoms with van der Waals surface area (Å²) in [5.41, 5.74) is 0.823. The number of halogens is 2. The van der Waals surface area contributed by atoms with Gasteiger partial charge in [-0.05, 0) is 73.0 Å². The SMILES string of the molecule is COc1ccc(S(=O)(=O)N(CC(=O)N2CCCC2c2ccc(F)cc2)c2cccc(F)c2)cc1. The van der Waals surface area contributed by atoms with Crippen molar-refractivity contribution in [3.63, 3.8) is 0 Å². The minimum absolute atomic E-state index is 0.0432. The Kier molecular flexibility index (Phi) is 6.83. The highest BCUT2D eigenvalue weighted by Crippen LogP contribution is 2.33. The molecule has 1 fully saturated rings. The van der Waals surface area contributed by atoms with E-state index in [1.54, 1.807) is 17.0 Å². The molecule has 0 saturated carbocycles. The van der Waals surface area contributed by atoms with Gasteiger partial charge in [0.05, 0.1) is 23.7 Å². The van der Waals surface area contributed by atoms with Crippen LogP contribution in [0.25, 0.3) is 0 Å². The van der Waals surface area contributed by atoms with Crippen LogP contribution in [0.1, 0.15) is 24.4 Å². The lowest BCUT2D eigenvalue weighted by atomic mass is 10.0. The van der Waals surface area contributed by atoms with E-state index in [1.807, 2.05) is 0 Å². The molecule has 34 heavy (non-hydrogen) atoms. The third-order valence-electron chi connectivity index (χ3n) is 5.85. The van der Waals surface area contributed by atoms with Gasteiger partial charge in [0.15, 0.2) is 0 Å². The number of methoxy groups -OCH3 is 1. The van der Waals surface area contributed by atoms with Crippen molar-refractivity contribution in [1.29, 1.82) is 0 Å². The summed E-state index contributed by atoms with van der Waals surface area (Å²) in [5.74, 6) is -0.938. The van der Waals surface area contributed by atoms with Crippen LogP contribution in [0.3, 0.4) is 0 Å². The molecule has 178 valence electrons. The summed E-state index contributed by atoms with van der Waals surface area (Å²) in [6.45, 7) is -0.0596. The second-order valence-electron chi connectivity index (χ2n) is 7.96. The molecule has 9 heteroatoms. The van der Waals surface area contributed by atoms with Crippen LogP contribution in [0.4, 0.5) is 14.5 Å². The Balaban J connectivity index is 1.66. The largest absolute Gasteiger partial charge is 0.497 e. The zero-order valence-corrected chi connectivity index (χ0v) is 19.3. The van der Waals surface area contributed by atoms with Gasteiger partial charge in [0.2, 0.25) is 5.91 Å². The third-order valence-corrected chi connectivity index (χ3v) is 7.64. The summed E-state index contributed by atoms with van der Waals surface area (Å²) < 4.78 is 60.5. The maximum absolute atomic E-state index is 14.0. The maximum atomic E-state index is 14.0. The Morgan fingerprint density at radius 3 is 2.38 bits per heavy atom. The van der Waals surface area contributed by atoms with Crippen molar-refractivity contribution in [2.45, 2.75) is 23.8 Å². The van der Waals surface area contributed by atoms with Crippen LogP contribution in [0.5, 0.6) is 5.75 Å². The minimum Gasteiger partial charge on any atom is -0.497 e. The predicted octanol–water partition coefficient (Wildman–Crippen LogP) is 4.53. The van der Waals surface area contributed by atoms with Crippen LogP contribution in [-0.2, 0) is 14.8 Å². The number of sulfonamides is 1. The molecule has 0 bridgehead atoms. The number of anilines is 1. The monoisotopic (exact) mass is 486 g/mol. The standard InChI is InChI=1S/C25H24F2N2O4S/c1-33-22-11-13-23(14-12-22)34(31,32)29(21-5-2-4-20(27)16-21)17-25(30)28-15-3-6-24(28)18-7-9-19(26)10-8-18/h2,4-5,7-14,16,24H,3,6,15,17H2,1H3. The topological polar surface area (TPSA) is 66.9 Å². The zero-order chi connectivity index (χ0) is 24.3. The molecule has 1 heterocycles. The zero-order valence-electron chi connectivity index (χ0n) is 18.5. The lowest BCUT2D eigenvalue weighted by molar-refractivity contribution is -0.130. The molecule has 3 aromatic carbocycles. The van der Waals surface area contributed by atoms with Crippen molar-refractivity contribution in [3.05, 3.63) is 90.0 Å². The number of carbonyl (C=O) groups is 1. The van der Waals surface area contributed by atoms with Gasteiger partial charge in [-0.15, -0.1) is 0 Å². The fourth-order valence-electron chi connectivity index (χ4n) is 4.13. The highest BCUT2D eigenvalue weighted by Gasteiger charge is 2.34. The molecule has 0 N–H and O–H groups in total. The third kappa shape index (κ3) is 4.89. The highest BCUT2D eigenvalue weighted by atomic mass is 32.2. The first kappa shape index (κ1) is 23.7. The predicted molar refractivity (Wildman–Crippen MR) is 124 cm³/mol. The van der Waals surface area contributed by atoms with Crippen LogP contribution < -0.4 is 9.04 Å². The van der Waals surface area contributed by atoms with Crippen LogP contribution in [-0.4, -0.2) is 39.4 Å². The van der Waals surface area contributed by atoms with Crippen molar-refractivity contribution >= 4 is 21.6 Å². The minimum atomic E-state index is -4.19. The van der Waals surface area contributed by atoms with Crippen molar-refractivity contribution in [1.82, 2.24) is 4.90 Å². The number of ether oxygens (including phenoxy) is 1. The van der Waals surface area contributed by atoms with E-state index in [0.29, 0.717) is 18.7 Å². The van der Waals surface area contributed by atoms with E-state index >= 15 is 0 Å². The molecule has 1 atom stereocenters. The molecule has 1 aliphatic heterocycles. The molecule has 6 nitrogen and oxygen atoms in total. The first-order chi connectivity index (χ1) is 16.3. The fourth-order valence-corrected chi connectivity index (χ4v) is 5.54. The molecule has 4 rings (SSSR count). The first-order valence-corrected chi connectivity index (χ1v) is 12.2. The number of carbonyl (C=O) groups excluding carboxylic acids is 1. The number of likely N-dealkylation sites (tertiary alicyclic amines) is 1. The Morgan fingerprint density at radius 2 is 1.74 bits per heavy atom. The quantitative estimate of drug-likeness (QED) is 0.492. The van der Waals surface area contributed by atoms with Gasteiger partial charge in [-0.25, -0.2) is 17.2 Å². The Labute approximate surface area is 197 Å². The average molecular weight is 487 g/mol. The maximum Gasteiger partial charge on any atom is 0.264 e. The van der Waals surface area contributed by atoms with Gasteiger partial charge in [0.25, 0.3) is 10.0 Å². The van der Waals surface area contributed by atoms with Gasteiger partial charge >= 0.3 is 0 Å². The van der Waals surface area contributed by atoms with E-state index in [-0.39, 0.29) is 22.4 Å². The first-order valence-electron chi connectivity index (χ1n) is 10.8. The van der Waals surface area contributed by atoms with E-state index in [2.05, 4.69) is 0 Å². The molecular weight excluding hydrogens is 462 g/mol. The summed E-state index contributed by atoms with van der Waals surface area (Å²) >= 11 is 0. The number of amides is 1. The summed E-state index contributed by atoms with van der Waals surface area (Å²) in [7, 11) is -2.73. The number of hydrogen-bond donors (Lipinski definition) is 0. The Bertz CT molecular complexity index is 1260. The fraction of sp³-hybridized carbons (Fsp3) is 0.240. The number of benzene rings is 3. The molecule has 0 aromatic heterocycles. The smallest absolute Gasteiger partial charge is 0.264 e. The molecule has 0 spiro atoms. The van der Waals surface area contributed by atoms with Gasteiger partial charge in [0, 0.05) is 6.54 Å². The average Bonchev–Trinajstić information content (AvgIpc) is 3.33. The molecular formula is C25H24F2N2O4S. The molecule has 0 radical (unpaired) electrons. The van der Waals surface area contributed by atoms with E-state index in [1.165, 1.54) is 61.7 Å². The van der Waals surface area contributed by atoms with Crippen molar-refractivity contribution < 1.29 is 26.7 Å². The van der Waals surface area contributed by atoms with Gasteiger partial charge in [-0.3, -0.25) is 9.10 Å². The van der Waals surface area contributed by atoms with Gasteiger partial charge in [-0.2, -0.15) is 0 Å². The van der Waals surface area contributed by atoms with Crippen LogP contribution in [0, 0.1) is 11.6 Å². The normalized spacial score (nSPS) is 15.9. The summed E-state index contributed by atoms with van der Waals surface area (Å²) in [4.78, 5) is 14.9. The van der Waals surface area contributed by atoms with Gasteiger partial charge in [-0.1, -0.05) is 18.2 Å². The lowest BCUT2D eigenvalue weighted by Gasteiger charge is -2.30. The number of rotatable bonds is 7. The van der Waals surface area contributed by atoms with Crippen LogP contribution in [0.2, 0.25) is 0 Å². The Hall–Kier alpha value is -3.46. The van der Waals surface area contributed by atoms with Crippen molar-refractivity contribution in [2.75, 3.05) is 24.5 Å². The summed E-state index contributed by atoms with van der Waals surface area (Å²) in [6.07, 6.45) is 1.42. The Morgan fingerprint density at radius 1 is 1.03 bits per heavy atom. The molecule has 1 aliphatic rings. The second kappa shape index (κ2) is 9.80. The van der Waals surface area contributed by atoms with Gasteiger partial charge < -0.3 is 9.64 Å². The van der Waals surface area contributed by atoms with E-state index in [0.717, 1.165) is 22.4 Å². The second-order valence-corrected chi connectivity index (χ2v) is 9.83. The van der Waals surface area contributed by atoms with Crippen LogP contribution >= 0.6 is 0 Å². The van der Waals surface area contributed by atoms with Crippen molar-refractivity contribution in [3.8, 4) is 5.75 Å². The van der Waals surface area contributed by atoms with Gasteiger partial charge in [0.1, 0.15) is 23.9 Å². The molecule has 0 aliphatic carbocycles. The van der Waals surface area contributed by atoms with E-state index in [9.17, 15) is 22.0 Å². The molecule has 1 unspecified atom stereocenters. The highest BCUT2D eigenvalue weighted by molar-refractivity contribution is 7.92. The summed E-state index contributed by atoms with van der Waals surface area (Å²) in [5, 5.41) is 0. The molecule has 3 aromatic rings. The van der Waals surface area contributed by atoms with Crippen molar-refractivity contribution in [2.24, 2.45) is 0 Å². The van der Waals surface area contributed by atoms with Crippen LogP contribution in [0.15, 0.2) is 77.7 Å². The lowest BCUT2D eigenvalue weighted by Crippen LogP contribution is -2.42. The number of nitrogens with zero attached hydrogens (tertiary/aromatic N) is 2. The molecule has 1 saturated heterocycles. The summed E-state index contributed by atoms with van der Waals surface area (Å²) in [6, 6.07) is 16.5. The number of hydrogen-bond acceptors (Lipinski definition) is 4.